The monoisotopic (exact) mass is 329 g/mol. The zero-order valence-electron chi connectivity index (χ0n) is 14.8. The SMILES string of the molecule is CCC(C)(C)NC(=O)c1ccc2c(c1)N(CC#N)C(=O)C(C)(C)O2. The molecular formula is C18H23N3O3. The lowest BCUT2D eigenvalue weighted by molar-refractivity contribution is -0.132. The molecule has 2 rings (SSSR count). The molecule has 128 valence electrons. The Kier molecular flexibility index (Phi) is 4.57. The number of fused-ring (bicyclic) bond motifs is 1. The maximum absolute atomic E-state index is 12.5. The number of carbonyl (C=O) groups is 2. The summed E-state index contributed by atoms with van der Waals surface area (Å²) in [6, 6.07) is 6.92. The molecule has 24 heavy (non-hydrogen) atoms. The van der Waals surface area contributed by atoms with Gasteiger partial charge in [-0.25, -0.2) is 0 Å². The first-order valence-electron chi connectivity index (χ1n) is 7.96. The molecule has 6 heteroatoms. The summed E-state index contributed by atoms with van der Waals surface area (Å²) in [4.78, 5) is 26.3. The largest absolute Gasteiger partial charge is 0.476 e. The zero-order chi connectivity index (χ0) is 18.1. The summed E-state index contributed by atoms with van der Waals surface area (Å²) in [6.45, 7) is 9.11. The molecule has 0 spiro atoms. The number of nitriles is 1. The second-order valence-corrected chi connectivity index (χ2v) is 7.04. The lowest BCUT2D eigenvalue weighted by Crippen LogP contribution is -2.52. The number of ether oxygens (including phenoxy) is 1. The second kappa shape index (κ2) is 6.16. The van der Waals surface area contributed by atoms with Crippen molar-refractivity contribution >= 4 is 17.5 Å². The van der Waals surface area contributed by atoms with Gasteiger partial charge in [-0.2, -0.15) is 5.26 Å². The molecule has 0 aliphatic carbocycles. The van der Waals surface area contributed by atoms with E-state index in [1.165, 1.54) is 4.90 Å². The van der Waals surface area contributed by atoms with Crippen LogP contribution in [-0.2, 0) is 4.79 Å². The lowest BCUT2D eigenvalue weighted by Gasteiger charge is -2.37. The quantitative estimate of drug-likeness (QED) is 0.861. The number of nitrogens with one attached hydrogen (secondary N) is 1. The van der Waals surface area contributed by atoms with Crippen molar-refractivity contribution in [2.45, 2.75) is 52.2 Å². The summed E-state index contributed by atoms with van der Waals surface area (Å²) in [5.74, 6) is -0.0389. The summed E-state index contributed by atoms with van der Waals surface area (Å²) >= 11 is 0. The minimum Gasteiger partial charge on any atom is -0.476 e. The van der Waals surface area contributed by atoms with E-state index in [0.717, 1.165) is 6.42 Å². The van der Waals surface area contributed by atoms with Gasteiger partial charge in [0.25, 0.3) is 11.8 Å². The maximum Gasteiger partial charge on any atom is 0.271 e. The molecule has 0 atom stereocenters. The normalized spacial score (nSPS) is 16.0. The number of amides is 2. The Bertz CT molecular complexity index is 717. The van der Waals surface area contributed by atoms with Crippen LogP contribution in [0.4, 0.5) is 5.69 Å². The van der Waals surface area contributed by atoms with Crippen LogP contribution in [0.3, 0.4) is 0 Å². The van der Waals surface area contributed by atoms with Gasteiger partial charge in [-0.1, -0.05) is 6.92 Å². The first-order chi connectivity index (χ1) is 11.1. The van der Waals surface area contributed by atoms with Crippen LogP contribution >= 0.6 is 0 Å². The van der Waals surface area contributed by atoms with Crippen molar-refractivity contribution in [1.29, 1.82) is 5.26 Å². The van der Waals surface area contributed by atoms with E-state index in [1.54, 1.807) is 32.0 Å². The van der Waals surface area contributed by atoms with Crippen LogP contribution in [-0.4, -0.2) is 29.5 Å². The second-order valence-electron chi connectivity index (χ2n) is 7.04. The van der Waals surface area contributed by atoms with Crippen molar-refractivity contribution < 1.29 is 14.3 Å². The van der Waals surface area contributed by atoms with E-state index in [-0.39, 0.29) is 23.9 Å². The molecule has 0 saturated carbocycles. The lowest BCUT2D eigenvalue weighted by atomic mass is 10.00. The maximum atomic E-state index is 12.5. The highest BCUT2D eigenvalue weighted by molar-refractivity contribution is 6.04. The Morgan fingerprint density at radius 1 is 1.42 bits per heavy atom. The molecule has 1 aromatic carbocycles. The van der Waals surface area contributed by atoms with E-state index in [2.05, 4.69) is 5.32 Å². The minimum atomic E-state index is -1.04. The molecule has 0 bridgehead atoms. The Morgan fingerprint density at radius 2 is 2.08 bits per heavy atom. The average molecular weight is 329 g/mol. The first kappa shape index (κ1) is 17.8. The zero-order valence-corrected chi connectivity index (χ0v) is 14.8. The van der Waals surface area contributed by atoms with Crippen molar-refractivity contribution in [3.05, 3.63) is 23.8 Å². The molecule has 0 fully saturated rings. The van der Waals surface area contributed by atoms with Gasteiger partial charge >= 0.3 is 0 Å². The van der Waals surface area contributed by atoms with Gasteiger partial charge in [0.1, 0.15) is 12.3 Å². The third kappa shape index (κ3) is 3.35. The molecule has 6 nitrogen and oxygen atoms in total. The number of hydrogen-bond donors (Lipinski definition) is 1. The predicted molar refractivity (Wildman–Crippen MR) is 91.0 cm³/mol. The van der Waals surface area contributed by atoms with Crippen LogP contribution in [0.5, 0.6) is 5.75 Å². The summed E-state index contributed by atoms with van der Waals surface area (Å²) < 4.78 is 5.73. The van der Waals surface area contributed by atoms with Gasteiger partial charge in [0.05, 0.1) is 11.8 Å². The number of hydrogen-bond acceptors (Lipinski definition) is 4. The standard InChI is InChI=1S/C18H23N3O3/c1-6-17(2,3)20-15(22)12-7-8-14-13(11-12)21(10-9-19)16(23)18(4,5)24-14/h7-8,11H,6,10H2,1-5H3,(H,20,22). The number of benzene rings is 1. The molecular weight excluding hydrogens is 306 g/mol. The van der Waals surface area contributed by atoms with E-state index in [9.17, 15) is 9.59 Å². The van der Waals surface area contributed by atoms with Gasteiger partial charge in [-0.15, -0.1) is 0 Å². The third-order valence-electron chi connectivity index (χ3n) is 4.20. The average Bonchev–Trinajstić information content (AvgIpc) is 2.51. The van der Waals surface area contributed by atoms with Crippen LogP contribution in [0, 0.1) is 11.3 Å². The van der Waals surface area contributed by atoms with E-state index >= 15 is 0 Å². The van der Waals surface area contributed by atoms with Crippen molar-refractivity contribution in [2.75, 3.05) is 11.4 Å². The van der Waals surface area contributed by atoms with Gasteiger partial charge in [0.2, 0.25) is 0 Å². The Morgan fingerprint density at radius 3 is 2.67 bits per heavy atom. The van der Waals surface area contributed by atoms with Crippen LogP contribution in [0.1, 0.15) is 51.4 Å². The summed E-state index contributed by atoms with van der Waals surface area (Å²) in [7, 11) is 0. The highest BCUT2D eigenvalue weighted by atomic mass is 16.5. The Balaban J connectivity index is 2.41. The Labute approximate surface area is 142 Å². The Hall–Kier alpha value is -2.55. The number of carbonyl (C=O) groups excluding carboxylic acids is 2. The van der Waals surface area contributed by atoms with Crippen LogP contribution in [0.25, 0.3) is 0 Å². The van der Waals surface area contributed by atoms with Crippen molar-refractivity contribution in [1.82, 2.24) is 5.32 Å². The van der Waals surface area contributed by atoms with Gasteiger partial charge in [-0.3, -0.25) is 14.5 Å². The molecule has 1 aliphatic heterocycles. The highest BCUT2D eigenvalue weighted by Gasteiger charge is 2.41. The van der Waals surface area contributed by atoms with Crippen LogP contribution < -0.4 is 15.0 Å². The van der Waals surface area contributed by atoms with Crippen molar-refractivity contribution in [3.8, 4) is 11.8 Å². The van der Waals surface area contributed by atoms with Gasteiger partial charge < -0.3 is 10.1 Å². The fourth-order valence-electron chi connectivity index (χ4n) is 2.40. The number of anilines is 1. The summed E-state index contributed by atoms with van der Waals surface area (Å²) in [5, 5.41) is 12.0. The van der Waals surface area contributed by atoms with Crippen molar-refractivity contribution in [2.24, 2.45) is 0 Å². The summed E-state index contributed by atoms with van der Waals surface area (Å²) in [6.07, 6.45) is 0.792. The molecule has 1 aliphatic rings. The van der Waals surface area contributed by atoms with E-state index in [4.69, 9.17) is 10.00 Å². The smallest absolute Gasteiger partial charge is 0.271 e. The van der Waals surface area contributed by atoms with Crippen LogP contribution in [0.2, 0.25) is 0 Å². The topological polar surface area (TPSA) is 82.4 Å². The fraction of sp³-hybridized carbons (Fsp3) is 0.500. The van der Waals surface area contributed by atoms with E-state index in [1.807, 2.05) is 26.8 Å². The van der Waals surface area contributed by atoms with Gasteiger partial charge in [0.15, 0.2) is 5.60 Å². The van der Waals surface area contributed by atoms with E-state index in [0.29, 0.717) is 17.0 Å². The molecule has 1 aromatic rings. The molecule has 0 radical (unpaired) electrons. The fourth-order valence-corrected chi connectivity index (χ4v) is 2.40. The predicted octanol–water partition coefficient (Wildman–Crippen LogP) is 2.63. The molecule has 0 aromatic heterocycles. The minimum absolute atomic E-state index is 0.0931. The molecule has 0 unspecified atom stereocenters. The van der Waals surface area contributed by atoms with Gasteiger partial charge in [0, 0.05) is 11.1 Å². The van der Waals surface area contributed by atoms with Crippen molar-refractivity contribution in [3.63, 3.8) is 0 Å². The highest BCUT2D eigenvalue weighted by Crippen LogP contribution is 2.38. The molecule has 1 N–H and O–H groups in total. The number of nitrogens with zero attached hydrogens (tertiary/aromatic N) is 2. The molecule has 0 saturated heterocycles. The summed E-state index contributed by atoms with van der Waals surface area (Å²) in [5.41, 5.74) is -0.497. The van der Waals surface area contributed by atoms with Gasteiger partial charge in [-0.05, 0) is 52.3 Å². The number of rotatable bonds is 4. The first-order valence-corrected chi connectivity index (χ1v) is 7.96. The molecule has 1 heterocycles. The van der Waals surface area contributed by atoms with Crippen LogP contribution in [0.15, 0.2) is 18.2 Å². The van der Waals surface area contributed by atoms with E-state index < -0.39 is 5.60 Å². The molecule has 2 amide bonds. The third-order valence-corrected chi connectivity index (χ3v) is 4.20.